The topological polar surface area (TPSA) is 73.9 Å². The van der Waals surface area contributed by atoms with Gasteiger partial charge in [0.2, 0.25) is 11.8 Å². The Morgan fingerprint density at radius 2 is 1.78 bits per heavy atom. The Labute approximate surface area is 162 Å². The fraction of sp³-hybridized carbons (Fsp3) is 0.600. The summed E-state index contributed by atoms with van der Waals surface area (Å²) < 4.78 is 5.26. The number of nitrogens with zero attached hydrogens (tertiary/aromatic N) is 2. The second-order valence-electron chi connectivity index (χ2n) is 6.80. The van der Waals surface area contributed by atoms with Crippen LogP contribution in [0.2, 0.25) is 0 Å². The van der Waals surface area contributed by atoms with E-state index in [1.54, 1.807) is 7.11 Å². The summed E-state index contributed by atoms with van der Waals surface area (Å²) in [6.45, 7) is 9.67. The summed E-state index contributed by atoms with van der Waals surface area (Å²) in [5, 5.41) is 5.68. The Bertz CT molecular complexity index is 598. The molecule has 1 fully saturated rings. The van der Waals surface area contributed by atoms with Crippen molar-refractivity contribution in [1.29, 1.82) is 0 Å². The molecule has 7 heteroatoms. The minimum atomic E-state index is -0.118. The highest BCUT2D eigenvalue weighted by molar-refractivity contribution is 5.77. The second kappa shape index (κ2) is 10.9. The van der Waals surface area contributed by atoms with Crippen LogP contribution in [0.4, 0.5) is 0 Å². The van der Waals surface area contributed by atoms with E-state index >= 15 is 0 Å². The predicted molar refractivity (Wildman–Crippen MR) is 106 cm³/mol. The number of carbonyl (C=O) groups is 2. The molecule has 1 aliphatic rings. The lowest BCUT2D eigenvalue weighted by Crippen LogP contribution is -2.49. The first-order valence-corrected chi connectivity index (χ1v) is 9.65. The van der Waals surface area contributed by atoms with E-state index in [-0.39, 0.29) is 17.9 Å². The lowest BCUT2D eigenvalue weighted by molar-refractivity contribution is -0.121. The van der Waals surface area contributed by atoms with Crippen molar-refractivity contribution in [1.82, 2.24) is 20.4 Å². The van der Waals surface area contributed by atoms with Gasteiger partial charge in [0, 0.05) is 52.6 Å². The molecular weight excluding hydrogens is 344 g/mol. The molecule has 1 saturated heterocycles. The van der Waals surface area contributed by atoms with Crippen LogP contribution < -0.4 is 15.4 Å². The van der Waals surface area contributed by atoms with Crippen molar-refractivity contribution >= 4 is 11.8 Å². The van der Waals surface area contributed by atoms with Crippen molar-refractivity contribution in [3.05, 3.63) is 29.8 Å². The van der Waals surface area contributed by atoms with E-state index in [0.29, 0.717) is 19.5 Å². The van der Waals surface area contributed by atoms with E-state index in [2.05, 4.69) is 39.5 Å². The van der Waals surface area contributed by atoms with Crippen LogP contribution in [0.3, 0.4) is 0 Å². The molecule has 0 radical (unpaired) electrons. The standard InChI is InChI=1S/C20H32N4O3/c1-4-23-11-13-24(14-12-23)19(17-5-7-18(27-3)8-6-17)15-22-20(26)9-10-21-16(2)25/h5-8,19H,4,9-15H2,1-3H3,(H,21,25)(H,22,26). The van der Waals surface area contributed by atoms with E-state index in [0.717, 1.165) is 38.5 Å². The molecule has 150 valence electrons. The highest BCUT2D eigenvalue weighted by Crippen LogP contribution is 2.24. The Morgan fingerprint density at radius 1 is 1.11 bits per heavy atom. The van der Waals surface area contributed by atoms with Crippen LogP contribution in [-0.4, -0.2) is 74.5 Å². The maximum absolute atomic E-state index is 12.1. The molecule has 0 aliphatic carbocycles. The van der Waals surface area contributed by atoms with Crippen molar-refractivity contribution in [3.8, 4) is 5.75 Å². The first-order chi connectivity index (χ1) is 13.0. The van der Waals surface area contributed by atoms with Crippen LogP contribution in [0.25, 0.3) is 0 Å². The van der Waals surface area contributed by atoms with Gasteiger partial charge in [-0.05, 0) is 24.2 Å². The minimum Gasteiger partial charge on any atom is -0.497 e. The second-order valence-corrected chi connectivity index (χ2v) is 6.80. The summed E-state index contributed by atoms with van der Waals surface area (Å²) in [7, 11) is 1.66. The lowest BCUT2D eigenvalue weighted by Gasteiger charge is -2.39. The predicted octanol–water partition coefficient (Wildman–Crippen LogP) is 1.02. The lowest BCUT2D eigenvalue weighted by atomic mass is 10.0. The number of carbonyl (C=O) groups excluding carboxylic acids is 2. The van der Waals surface area contributed by atoms with Crippen molar-refractivity contribution in [2.24, 2.45) is 0 Å². The molecule has 1 atom stereocenters. The zero-order valence-electron chi connectivity index (χ0n) is 16.7. The minimum absolute atomic E-state index is 0.0468. The van der Waals surface area contributed by atoms with Gasteiger partial charge in [-0.3, -0.25) is 14.5 Å². The van der Waals surface area contributed by atoms with E-state index in [1.807, 2.05) is 12.1 Å². The number of benzene rings is 1. The molecule has 0 saturated carbocycles. The molecule has 7 nitrogen and oxygen atoms in total. The summed E-state index contributed by atoms with van der Waals surface area (Å²) in [6.07, 6.45) is 0.290. The van der Waals surface area contributed by atoms with E-state index in [1.165, 1.54) is 12.5 Å². The van der Waals surface area contributed by atoms with Crippen LogP contribution in [-0.2, 0) is 9.59 Å². The highest BCUT2D eigenvalue weighted by atomic mass is 16.5. The van der Waals surface area contributed by atoms with Crippen LogP contribution >= 0.6 is 0 Å². The largest absolute Gasteiger partial charge is 0.497 e. The van der Waals surface area contributed by atoms with Crippen molar-refractivity contribution < 1.29 is 14.3 Å². The number of methoxy groups -OCH3 is 1. The van der Waals surface area contributed by atoms with Gasteiger partial charge in [-0.2, -0.15) is 0 Å². The maximum atomic E-state index is 12.1. The Morgan fingerprint density at radius 3 is 2.33 bits per heavy atom. The number of hydrogen-bond donors (Lipinski definition) is 2. The maximum Gasteiger partial charge on any atom is 0.221 e. The Kier molecular flexibility index (Phi) is 8.54. The molecule has 0 bridgehead atoms. The summed E-state index contributed by atoms with van der Waals surface area (Å²) in [4.78, 5) is 27.9. The molecule has 2 N–H and O–H groups in total. The molecule has 0 aromatic heterocycles. The molecule has 1 unspecified atom stereocenters. The van der Waals surface area contributed by atoms with Gasteiger partial charge in [0.25, 0.3) is 0 Å². The fourth-order valence-electron chi connectivity index (χ4n) is 3.33. The molecule has 2 rings (SSSR count). The summed E-state index contributed by atoms with van der Waals surface area (Å²) in [6, 6.07) is 8.18. The smallest absolute Gasteiger partial charge is 0.221 e. The van der Waals surface area contributed by atoms with Gasteiger partial charge < -0.3 is 20.3 Å². The summed E-state index contributed by atoms with van der Waals surface area (Å²) in [5.41, 5.74) is 1.17. The fourth-order valence-corrected chi connectivity index (χ4v) is 3.33. The van der Waals surface area contributed by atoms with Gasteiger partial charge in [0.15, 0.2) is 0 Å². The van der Waals surface area contributed by atoms with E-state index < -0.39 is 0 Å². The quantitative estimate of drug-likeness (QED) is 0.673. The van der Waals surface area contributed by atoms with Crippen molar-refractivity contribution in [2.45, 2.75) is 26.3 Å². The Balaban J connectivity index is 1.98. The van der Waals surface area contributed by atoms with Crippen molar-refractivity contribution in [2.75, 3.05) is 52.9 Å². The zero-order valence-corrected chi connectivity index (χ0v) is 16.7. The normalized spacial score (nSPS) is 16.6. The number of amides is 2. The van der Waals surface area contributed by atoms with Crippen LogP contribution in [0.15, 0.2) is 24.3 Å². The monoisotopic (exact) mass is 376 g/mol. The molecule has 0 spiro atoms. The van der Waals surface area contributed by atoms with Crippen molar-refractivity contribution in [3.63, 3.8) is 0 Å². The number of piperazine rings is 1. The number of nitrogens with one attached hydrogen (secondary N) is 2. The summed E-state index contributed by atoms with van der Waals surface area (Å²) in [5.74, 6) is 0.662. The van der Waals surface area contributed by atoms with Crippen LogP contribution in [0.1, 0.15) is 31.9 Å². The third-order valence-corrected chi connectivity index (χ3v) is 5.01. The SMILES string of the molecule is CCN1CCN(C(CNC(=O)CCNC(C)=O)c2ccc(OC)cc2)CC1. The van der Waals surface area contributed by atoms with Gasteiger partial charge in [-0.1, -0.05) is 19.1 Å². The third-order valence-electron chi connectivity index (χ3n) is 5.01. The van der Waals surface area contributed by atoms with Gasteiger partial charge in [0.1, 0.15) is 5.75 Å². The molecule has 1 aliphatic heterocycles. The molecule has 2 amide bonds. The average Bonchev–Trinajstić information content (AvgIpc) is 2.69. The van der Waals surface area contributed by atoms with Gasteiger partial charge in [-0.25, -0.2) is 0 Å². The summed E-state index contributed by atoms with van der Waals surface area (Å²) >= 11 is 0. The molecule has 1 aromatic carbocycles. The molecular formula is C20H32N4O3. The van der Waals surface area contributed by atoms with Gasteiger partial charge >= 0.3 is 0 Å². The van der Waals surface area contributed by atoms with E-state index in [9.17, 15) is 9.59 Å². The van der Waals surface area contributed by atoms with Gasteiger partial charge in [-0.15, -0.1) is 0 Å². The number of likely N-dealkylation sites (N-methyl/N-ethyl adjacent to an activating group) is 1. The first-order valence-electron chi connectivity index (χ1n) is 9.65. The van der Waals surface area contributed by atoms with E-state index in [4.69, 9.17) is 4.74 Å². The van der Waals surface area contributed by atoms with Crippen LogP contribution in [0.5, 0.6) is 5.75 Å². The number of hydrogen-bond acceptors (Lipinski definition) is 5. The molecule has 1 aromatic rings. The van der Waals surface area contributed by atoms with Crippen LogP contribution in [0, 0.1) is 0 Å². The third kappa shape index (κ3) is 6.84. The first kappa shape index (κ1) is 21.2. The number of ether oxygens (including phenoxy) is 1. The average molecular weight is 377 g/mol. The van der Waals surface area contributed by atoms with Gasteiger partial charge in [0.05, 0.1) is 13.2 Å². The number of rotatable bonds is 9. The molecule has 1 heterocycles. The highest BCUT2D eigenvalue weighted by Gasteiger charge is 2.25. The zero-order chi connectivity index (χ0) is 19.6. The molecule has 27 heavy (non-hydrogen) atoms. The Hall–Kier alpha value is -2.12.